The monoisotopic (exact) mass is 157 g/mol. The summed E-state index contributed by atoms with van der Waals surface area (Å²) >= 11 is 5.44. The Morgan fingerprint density at radius 1 is 1.70 bits per heavy atom. The molecule has 1 N–H and O–H groups in total. The highest BCUT2D eigenvalue weighted by Crippen LogP contribution is 2.15. The van der Waals surface area contributed by atoms with Gasteiger partial charge in [0.2, 0.25) is 0 Å². The number of aldehydes is 1. The lowest BCUT2D eigenvalue weighted by Crippen LogP contribution is -1.84. The second-order valence-corrected chi connectivity index (χ2v) is 2.05. The molecular formula is C6H4ClNO2. The highest BCUT2D eigenvalue weighted by Gasteiger charge is 1.99. The molecule has 0 radical (unpaired) electrons. The van der Waals surface area contributed by atoms with Crippen LogP contribution in [-0.2, 0) is 0 Å². The lowest BCUT2D eigenvalue weighted by Gasteiger charge is -1.93. The second-order valence-electron chi connectivity index (χ2n) is 1.69. The van der Waals surface area contributed by atoms with E-state index < -0.39 is 0 Å². The molecule has 0 fully saturated rings. The van der Waals surface area contributed by atoms with E-state index >= 15 is 0 Å². The first-order valence-electron chi connectivity index (χ1n) is 2.53. The number of aromatic hydroxyl groups is 1. The summed E-state index contributed by atoms with van der Waals surface area (Å²) in [6.45, 7) is 0. The van der Waals surface area contributed by atoms with Crippen LogP contribution in [0.5, 0.6) is 5.75 Å². The van der Waals surface area contributed by atoms with E-state index in [2.05, 4.69) is 4.98 Å². The zero-order chi connectivity index (χ0) is 7.56. The smallest absolute Gasteiger partial charge is 0.153 e. The number of nitrogens with zero attached hydrogens (tertiary/aromatic N) is 1. The van der Waals surface area contributed by atoms with E-state index in [1.54, 1.807) is 0 Å². The van der Waals surface area contributed by atoms with Gasteiger partial charge in [-0.25, -0.2) is 4.98 Å². The van der Waals surface area contributed by atoms with Crippen LogP contribution < -0.4 is 0 Å². The fraction of sp³-hybridized carbons (Fsp3) is 0. The standard InChI is InChI=1S/C6H4ClNO2/c7-6-4(3-9)1-5(10)2-8-6/h1-3,10H. The van der Waals surface area contributed by atoms with Gasteiger partial charge in [0.15, 0.2) is 6.29 Å². The van der Waals surface area contributed by atoms with Gasteiger partial charge in [-0.05, 0) is 6.07 Å². The Labute approximate surface area is 62.3 Å². The van der Waals surface area contributed by atoms with Crippen LogP contribution in [0.25, 0.3) is 0 Å². The average molecular weight is 158 g/mol. The summed E-state index contributed by atoms with van der Waals surface area (Å²) in [5.74, 6) is -0.0634. The first-order chi connectivity index (χ1) is 4.74. The van der Waals surface area contributed by atoms with Crippen molar-refractivity contribution in [2.75, 3.05) is 0 Å². The Morgan fingerprint density at radius 3 is 2.90 bits per heavy atom. The van der Waals surface area contributed by atoms with Crippen molar-refractivity contribution in [3.05, 3.63) is 23.0 Å². The predicted octanol–water partition coefficient (Wildman–Crippen LogP) is 1.25. The van der Waals surface area contributed by atoms with E-state index in [0.717, 1.165) is 0 Å². The Bertz CT molecular complexity index is 262. The van der Waals surface area contributed by atoms with Gasteiger partial charge >= 0.3 is 0 Å². The number of hydrogen-bond acceptors (Lipinski definition) is 3. The lowest BCUT2D eigenvalue weighted by molar-refractivity contribution is 0.112. The maximum atomic E-state index is 10.1. The lowest BCUT2D eigenvalue weighted by atomic mass is 10.3. The van der Waals surface area contributed by atoms with Crippen molar-refractivity contribution in [2.24, 2.45) is 0 Å². The molecule has 52 valence electrons. The summed E-state index contributed by atoms with van der Waals surface area (Å²) in [7, 11) is 0. The van der Waals surface area contributed by atoms with E-state index in [9.17, 15) is 4.79 Å². The normalized spacial score (nSPS) is 9.30. The molecule has 3 nitrogen and oxygen atoms in total. The van der Waals surface area contributed by atoms with Crippen molar-refractivity contribution in [1.82, 2.24) is 4.98 Å². The van der Waals surface area contributed by atoms with Crippen LogP contribution in [0.2, 0.25) is 5.15 Å². The number of halogens is 1. The van der Waals surface area contributed by atoms with Crippen molar-refractivity contribution in [1.29, 1.82) is 0 Å². The number of pyridine rings is 1. The number of aromatic nitrogens is 1. The third-order valence-electron chi connectivity index (χ3n) is 0.979. The highest BCUT2D eigenvalue weighted by atomic mass is 35.5. The average Bonchev–Trinajstić information content (AvgIpc) is 1.94. The molecule has 4 heteroatoms. The maximum absolute atomic E-state index is 10.1. The maximum Gasteiger partial charge on any atom is 0.153 e. The van der Waals surface area contributed by atoms with Gasteiger partial charge in [-0.2, -0.15) is 0 Å². The molecule has 0 atom stereocenters. The second kappa shape index (κ2) is 2.66. The van der Waals surface area contributed by atoms with Crippen LogP contribution in [0.15, 0.2) is 12.3 Å². The number of rotatable bonds is 1. The van der Waals surface area contributed by atoms with E-state index in [4.69, 9.17) is 16.7 Å². The Kier molecular flexibility index (Phi) is 1.87. The Morgan fingerprint density at radius 2 is 2.40 bits per heavy atom. The first-order valence-corrected chi connectivity index (χ1v) is 2.91. The summed E-state index contributed by atoms with van der Waals surface area (Å²) in [6.07, 6.45) is 1.71. The van der Waals surface area contributed by atoms with Crippen LogP contribution in [-0.4, -0.2) is 16.4 Å². The van der Waals surface area contributed by atoms with Crippen molar-refractivity contribution in [3.63, 3.8) is 0 Å². The van der Waals surface area contributed by atoms with Gasteiger partial charge in [0.25, 0.3) is 0 Å². The van der Waals surface area contributed by atoms with E-state index in [1.165, 1.54) is 12.3 Å². The SMILES string of the molecule is O=Cc1cc(O)cnc1Cl. The minimum atomic E-state index is -0.0634. The molecule has 1 aromatic heterocycles. The van der Waals surface area contributed by atoms with Crippen LogP contribution in [0, 0.1) is 0 Å². The van der Waals surface area contributed by atoms with Crippen molar-refractivity contribution in [2.45, 2.75) is 0 Å². The molecule has 10 heavy (non-hydrogen) atoms. The molecule has 0 aliphatic rings. The molecule has 0 aromatic carbocycles. The third-order valence-corrected chi connectivity index (χ3v) is 1.29. The van der Waals surface area contributed by atoms with Crippen molar-refractivity contribution in [3.8, 4) is 5.75 Å². The molecular weight excluding hydrogens is 154 g/mol. The number of carbonyl (C=O) groups is 1. The third kappa shape index (κ3) is 1.25. The van der Waals surface area contributed by atoms with Gasteiger partial charge in [-0.15, -0.1) is 0 Å². The van der Waals surface area contributed by atoms with Gasteiger partial charge in [-0.1, -0.05) is 11.6 Å². The molecule has 0 aliphatic carbocycles. The number of carbonyl (C=O) groups excluding carboxylic acids is 1. The van der Waals surface area contributed by atoms with Crippen LogP contribution >= 0.6 is 11.6 Å². The molecule has 1 rings (SSSR count). The molecule has 0 saturated heterocycles. The first kappa shape index (κ1) is 7.02. The predicted molar refractivity (Wildman–Crippen MR) is 36.3 cm³/mol. The molecule has 1 heterocycles. The molecule has 0 amide bonds. The van der Waals surface area contributed by atoms with Crippen molar-refractivity contribution < 1.29 is 9.90 Å². The summed E-state index contributed by atoms with van der Waals surface area (Å²) in [4.78, 5) is 13.7. The van der Waals surface area contributed by atoms with E-state index in [-0.39, 0.29) is 16.5 Å². The van der Waals surface area contributed by atoms with Crippen LogP contribution in [0.1, 0.15) is 10.4 Å². The van der Waals surface area contributed by atoms with Gasteiger partial charge < -0.3 is 5.11 Å². The largest absolute Gasteiger partial charge is 0.506 e. The molecule has 0 spiro atoms. The van der Waals surface area contributed by atoms with Gasteiger partial charge in [0, 0.05) is 0 Å². The zero-order valence-corrected chi connectivity index (χ0v) is 5.67. The topological polar surface area (TPSA) is 50.2 Å². The van der Waals surface area contributed by atoms with Crippen LogP contribution in [0.3, 0.4) is 0 Å². The number of hydrogen-bond donors (Lipinski definition) is 1. The fourth-order valence-corrected chi connectivity index (χ4v) is 0.684. The fourth-order valence-electron chi connectivity index (χ4n) is 0.536. The van der Waals surface area contributed by atoms with E-state index in [0.29, 0.717) is 6.29 Å². The van der Waals surface area contributed by atoms with Gasteiger partial charge in [-0.3, -0.25) is 4.79 Å². The molecule has 0 aliphatic heterocycles. The van der Waals surface area contributed by atoms with E-state index in [1.807, 2.05) is 0 Å². The zero-order valence-electron chi connectivity index (χ0n) is 4.91. The summed E-state index contributed by atoms with van der Waals surface area (Å²) in [6, 6.07) is 1.25. The minimum absolute atomic E-state index is 0.0634. The van der Waals surface area contributed by atoms with Gasteiger partial charge in [0.1, 0.15) is 10.9 Å². The Hall–Kier alpha value is -1.09. The summed E-state index contributed by atoms with van der Waals surface area (Å²) in [5.41, 5.74) is 0.196. The molecule has 0 unspecified atom stereocenters. The molecule has 0 saturated carbocycles. The highest BCUT2D eigenvalue weighted by molar-refractivity contribution is 6.31. The van der Waals surface area contributed by atoms with Crippen LogP contribution in [0.4, 0.5) is 0 Å². The summed E-state index contributed by atoms with van der Waals surface area (Å²) < 4.78 is 0. The Balaban J connectivity index is 3.21. The molecule has 1 aromatic rings. The van der Waals surface area contributed by atoms with Gasteiger partial charge in [0.05, 0.1) is 11.8 Å². The molecule has 0 bridgehead atoms. The van der Waals surface area contributed by atoms with Crippen molar-refractivity contribution >= 4 is 17.9 Å². The minimum Gasteiger partial charge on any atom is -0.506 e. The summed E-state index contributed by atoms with van der Waals surface area (Å²) in [5, 5.41) is 8.89. The quantitative estimate of drug-likeness (QED) is 0.493.